The smallest absolute Gasteiger partial charge is 0.255 e. The molecule has 0 saturated heterocycles. The van der Waals surface area contributed by atoms with Crippen LogP contribution in [0, 0.1) is 0 Å². The number of hydrogen-bond acceptors (Lipinski definition) is 4. The number of carbonyl (C=O) groups is 2. The van der Waals surface area contributed by atoms with Crippen LogP contribution in [0.1, 0.15) is 41.4 Å². The van der Waals surface area contributed by atoms with E-state index in [1.807, 2.05) is 62.4 Å². The third-order valence-corrected chi connectivity index (χ3v) is 4.45. The minimum atomic E-state index is -0.325. The van der Waals surface area contributed by atoms with Crippen molar-refractivity contribution in [2.24, 2.45) is 0 Å². The molecule has 2 heterocycles. The molecule has 0 spiro atoms. The van der Waals surface area contributed by atoms with Gasteiger partial charge in [0.2, 0.25) is 5.91 Å². The fraction of sp³-hybridized carbons (Fsp3) is 0.273. The van der Waals surface area contributed by atoms with Gasteiger partial charge in [0.25, 0.3) is 5.91 Å². The molecule has 0 saturated carbocycles. The maximum atomic E-state index is 12.6. The van der Waals surface area contributed by atoms with Crippen LogP contribution in [0.2, 0.25) is 0 Å². The third kappa shape index (κ3) is 5.28. The second-order valence-electron chi connectivity index (χ2n) is 6.97. The molecule has 29 heavy (non-hydrogen) atoms. The molecule has 0 bridgehead atoms. The number of carbonyl (C=O) groups excluding carboxylic acids is 2. The van der Waals surface area contributed by atoms with Crippen LogP contribution >= 0.6 is 0 Å². The molecule has 0 unspecified atom stereocenters. The topological polar surface area (TPSA) is 88.9 Å². The lowest BCUT2D eigenvalue weighted by Crippen LogP contribution is -2.38. The predicted octanol–water partition coefficient (Wildman–Crippen LogP) is 2.48. The van der Waals surface area contributed by atoms with E-state index in [0.717, 1.165) is 17.7 Å². The summed E-state index contributed by atoms with van der Waals surface area (Å²) in [5.74, 6) is 0.153. The number of rotatable bonds is 8. The van der Waals surface area contributed by atoms with Crippen molar-refractivity contribution in [3.05, 3.63) is 77.7 Å². The molecule has 2 N–H and O–H groups in total. The monoisotopic (exact) mass is 391 g/mol. The Balaban J connectivity index is 1.58. The Hall–Kier alpha value is -3.48. The van der Waals surface area contributed by atoms with Crippen LogP contribution in [0.25, 0.3) is 5.82 Å². The summed E-state index contributed by atoms with van der Waals surface area (Å²) in [5, 5.41) is 9.84. The van der Waals surface area contributed by atoms with E-state index in [9.17, 15) is 9.59 Å². The first-order valence-corrected chi connectivity index (χ1v) is 9.64. The molecule has 7 nitrogen and oxygen atoms in total. The SMILES string of the molecule is CC(C)c1c(C(=O)NCC(=O)NCCc2ccccc2)cnn1-c1ccccn1. The van der Waals surface area contributed by atoms with E-state index >= 15 is 0 Å². The first kappa shape index (κ1) is 20.3. The molecule has 2 aromatic heterocycles. The number of benzene rings is 1. The highest BCUT2D eigenvalue weighted by molar-refractivity contribution is 5.97. The quantitative estimate of drug-likeness (QED) is 0.617. The molecule has 0 atom stereocenters. The van der Waals surface area contributed by atoms with E-state index in [-0.39, 0.29) is 24.3 Å². The van der Waals surface area contributed by atoms with Gasteiger partial charge in [0, 0.05) is 12.7 Å². The fourth-order valence-electron chi connectivity index (χ4n) is 3.06. The maximum absolute atomic E-state index is 12.6. The van der Waals surface area contributed by atoms with Crippen LogP contribution in [-0.4, -0.2) is 39.7 Å². The Morgan fingerprint density at radius 3 is 2.48 bits per heavy atom. The molecule has 0 aliphatic heterocycles. The Morgan fingerprint density at radius 2 is 1.79 bits per heavy atom. The van der Waals surface area contributed by atoms with Gasteiger partial charge in [-0.2, -0.15) is 5.10 Å². The van der Waals surface area contributed by atoms with Crippen molar-refractivity contribution in [2.45, 2.75) is 26.2 Å². The number of nitrogens with zero attached hydrogens (tertiary/aromatic N) is 3. The van der Waals surface area contributed by atoms with Gasteiger partial charge in [-0.05, 0) is 30.0 Å². The molecule has 7 heteroatoms. The van der Waals surface area contributed by atoms with Crippen LogP contribution < -0.4 is 10.6 Å². The zero-order valence-electron chi connectivity index (χ0n) is 16.6. The Bertz CT molecular complexity index is 952. The van der Waals surface area contributed by atoms with Crippen LogP contribution in [0.15, 0.2) is 60.9 Å². The number of aromatic nitrogens is 3. The van der Waals surface area contributed by atoms with Crippen LogP contribution in [0.4, 0.5) is 0 Å². The van der Waals surface area contributed by atoms with E-state index in [0.29, 0.717) is 17.9 Å². The van der Waals surface area contributed by atoms with Gasteiger partial charge >= 0.3 is 0 Å². The van der Waals surface area contributed by atoms with Crippen molar-refractivity contribution in [1.82, 2.24) is 25.4 Å². The predicted molar refractivity (Wildman–Crippen MR) is 111 cm³/mol. The maximum Gasteiger partial charge on any atom is 0.255 e. The number of pyridine rings is 1. The molecule has 2 amide bonds. The minimum Gasteiger partial charge on any atom is -0.354 e. The molecule has 3 rings (SSSR count). The van der Waals surface area contributed by atoms with Crippen molar-refractivity contribution in [2.75, 3.05) is 13.1 Å². The van der Waals surface area contributed by atoms with Gasteiger partial charge in [-0.15, -0.1) is 0 Å². The largest absolute Gasteiger partial charge is 0.354 e. The van der Waals surface area contributed by atoms with Crippen LogP contribution in [0.5, 0.6) is 0 Å². The van der Waals surface area contributed by atoms with Gasteiger partial charge in [0.1, 0.15) is 0 Å². The first-order chi connectivity index (χ1) is 14.1. The molecular formula is C22H25N5O2. The Morgan fingerprint density at radius 1 is 1.03 bits per heavy atom. The van der Waals surface area contributed by atoms with E-state index < -0.39 is 0 Å². The second kappa shape index (κ2) is 9.64. The second-order valence-corrected chi connectivity index (χ2v) is 6.97. The molecule has 0 radical (unpaired) electrons. The highest BCUT2D eigenvalue weighted by Gasteiger charge is 2.21. The summed E-state index contributed by atoms with van der Waals surface area (Å²) in [6, 6.07) is 15.4. The van der Waals surface area contributed by atoms with E-state index in [1.165, 1.54) is 6.20 Å². The minimum absolute atomic E-state index is 0.0555. The summed E-state index contributed by atoms with van der Waals surface area (Å²) < 4.78 is 1.67. The summed E-state index contributed by atoms with van der Waals surface area (Å²) in [7, 11) is 0. The van der Waals surface area contributed by atoms with E-state index in [1.54, 1.807) is 10.9 Å². The lowest BCUT2D eigenvalue weighted by molar-refractivity contribution is -0.120. The van der Waals surface area contributed by atoms with Crippen molar-refractivity contribution in [1.29, 1.82) is 0 Å². The molecule has 1 aromatic carbocycles. The zero-order valence-corrected chi connectivity index (χ0v) is 16.6. The molecule has 0 fully saturated rings. The summed E-state index contributed by atoms with van der Waals surface area (Å²) in [5.41, 5.74) is 2.36. The van der Waals surface area contributed by atoms with Gasteiger partial charge in [-0.1, -0.05) is 50.2 Å². The Labute approximate surface area is 170 Å². The lowest BCUT2D eigenvalue weighted by atomic mass is 10.1. The molecule has 150 valence electrons. The number of nitrogens with one attached hydrogen (secondary N) is 2. The fourth-order valence-corrected chi connectivity index (χ4v) is 3.06. The van der Waals surface area contributed by atoms with Crippen molar-refractivity contribution < 1.29 is 9.59 Å². The van der Waals surface area contributed by atoms with Crippen LogP contribution in [0.3, 0.4) is 0 Å². The van der Waals surface area contributed by atoms with Gasteiger partial charge in [-0.25, -0.2) is 9.67 Å². The van der Waals surface area contributed by atoms with Gasteiger partial charge in [-0.3, -0.25) is 9.59 Å². The van der Waals surface area contributed by atoms with Gasteiger partial charge < -0.3 is 10.6 Å². The standard InChI is InChI=1S/C22H25N5O2/c1-16(2)21-18(14-26-27(21)19-10-6-7-12-23-19)22(29)25-15-20(28)24-13-11-17-8-4-3-5-9-17/h3-10,12,14,16H,11,13,15H2,1-2H3,(H,24,28)(H,25,29). The Kier molecular flexibility index (Phi) is 6.73. The number of hydrogen-bond donors (Lipinski definition) is 2. The highest BCUT2D eigenvalue weighted by atomic mass is 16.2. The third-order valence-electron chi connectivity index (χ3n) is 4.45. The molecular weight excluding hydrogens is 366 g/mol. The molecule has 3 aromatic rings. The van der Waals surface area contributed by atoms with Crippen molar-refractivity contribution in [3.63, 3.8) is 0 Å². The molecule has 0 aliphatic carbocycles. The summed E-state index contributed by atoms with van der Waals surface area (Å²) in [4.78, 5) is 29.0. The van der Waals surface area contributed by atoms with Crippen LogP contribution in [-0.2, 0) is 11.2 Å². The van der Waals surface area contributed by atoms with E-state index in [2.05, 4.69) is 20.7 Å². The van der Waals surface area contributed by atoms with E-state index in [4.69, 9.17) is 0 Å². The summed E-state index contributed by atoms with van der Waals surface area (Å²) in [6.45, 7) is 4.42. The normalized spacial score (nSPS) is 10.7. The summed E-state index contributed by atoms with van der Waals surface area (Å²) in [6.07, 6.45) is 3.95. The molecule has 0 aliphatic rings. The van der Waals surface area contributed by atoms with Gasteiger partial charge in [0.15, 0.2) is 5.82 Å². The average molecular weight is 391 g/mol. The first-order valence-electron chi connectivity index (χ1n) is 9.64. The van der Waals surface area contributed by atoms with Crippen molar-refractivity contribution in [3.8, 4) is 5.82 Å². The number of amides is 2. The average Bonchev–Trinajstić information content (AvgIpc) is 3.19. The van der Waals surface area contributed by atoms with Crippen molar-refractivity contribution >= 4 is 11.8 Å². The zero-order chi connectivity index (χ0) is 20.6. The summed E-state index contributed by atoms with van der Waals surface area (Å²) >= 11 is 0. The lowest BCUT2D eigenvalue weighted by Gasteiger charge is -2.12. The highest BCUT2D eigenvalue weighted by Crippen LogP contribution is 2.22. The van der Waals surface area contributed by atoms with Gasteiger partial charge in [0.05, 0.1) is 24.0 Å².